The Balaban J connectivity index is 1.55. The van der Waals surface area contributed by atoms with Gasteiger partial charge in [0.15, 0.2) is 5.78 Å². The highest BCUT2D eigenvalue weighted by atomic mass is 16.6. The molecule has 0 amide bonds. The average molecular weight is 560 g/mol. The minimum absolute atomic E-state index is 0.0186. The van der Waals surface area contributed by atoms with E-state index in [0.717, 1.165) is 33.4 Å². The summed E-state index contributed by atoms with van der Waals surface area (Å²) in [5, 5.41) is 0. The minimum atomic E-state index is -1.34. The Bertz CT molecular complexity index is 1590. The number of carbonyl (C=O) groups is 3. The lowest BCUT2D eigenvalue weighted by molar-refractivity contribution is -0.168. The van der Waals surface area contributed by atoms with E-state index in [9.17, 15) is 14.4 Å². The number of hydrogen-bond acceptors (Lipinski definition) is 6. The molecule has 6 rings (SSSR count). The first kappa shape index (κ1) is 27.6. The molecule has 1 heterocycles. The van der Waals surface area contributed by atoms with E-state index in [1.807, 2.05) is 102 Å². The maximum atomic E-state index is 14.2. The molecular formula is C36H33NO5. The number of likely N-dealkylation sites (tertiary alicyclic amines) is 1. The molecule has 4 aromatic carbocycles. The number of rotatable bonds is 6. The zero-order valence-corrected chi connectivity index (χ0v) is 23.9. The number of Topliss-reactive ketones (excluding diaryl/α,β-unsaturated/α-hetero) is 1. The van der Waals surface area contributed by atoms with Gasteiger partial charge in [-0.3, -0.25) is 19.3 Å². The largest absolute Gasteiger partial charge is 0.460 e. The zero-order chi connectivity index (χ0) is 29.5. The first-order chi connectivity index (χ1) is 20.2. The van der Waals surface area contributed by atoms with E-state index < -0.39 is 35.0 Å². The molecule has 1 saturated heterocycles. The highest BCUT2D eigenvalue weighted by Gasteiger charge is 2.61. The van der Waals surface area contributed by atoms with E-state index in [4.69, 9.17) is 9.47 Å². The second-order valence-corrected chi connectivity index (χ2v) is 11.8. The zero-order valence-electron chi connectivity index (χ0n) is 23.9. The predicted molar refractivity (Wildman–Crippen MR) is 159 cm³/mol. The van der Waals surface area contributed by atoms with Crippen LogP contribution in [0, 0.1) is 5.92 Å². The van der Waals surface area contributed by atoms with Gasteiger partial charge in [0.1, 0.15) is 24.2 Å². The van der Waals surface area contributed by atoms with Gasteiger partial charge in [0.05, 0.1) is 12.1 Å². The summed E-state index contributed by atoms with van der Waals surface area (Å²) in [7, 11) is 0. The molecule has 0 spiro atoms. The van der Waals surface area contributed by atoms with E-state index >= 15 is 0 Å². The number of carbonyl (C=O) groups excluding carboxylic acids is 3. The fourth-order valence-corrected chi connectivity index (χ4v) is 6.43. The molecule has 0 bridgehead atoms. The third-order valence-electron chi connectivity index (χ3n) is 8.00. The lowest BCUT2D eigenvalue weighted by Crippen LogP contribution is -2.54. The first-order valence-electron chi connectivity index (χ1n) is 14.2. The van der Waals surface area contributed by atoms with Gasteiger partial charge in [-0.1, -0.05) is 109 Å². The fourth-order valence-electron chi connectivity index (χ4n) is 6.43. The van der Waals surface area contributed by atoms with Crippen molar-refractivity contribution in [3.05, 3.63) is 131 Å². The Kier molecular flexibility index (Phi) is 7.03. The van der Waals surface area contributed by atoms with Gasteiger partial charge >= 0.3 is 11.9 Å². The van der Waals surface area contributed by atoms with E-state index in [0.29, 0.717) is 0 Å². The van der Waals surface area contributed by atoms with E-state index in [1.165, 1.54) is 0 Å². The number of ether oxygens (including phenoxy) is 2. The molecule has 1 aliphatic carbocycles. The monoisotopic (exact) mass is 559 g/mol. The van der Waals surface area contributed by atoms with Crippen LogP contribution in [0.1, 0.15) is 43.0 Å². The van der Waals surface area contributed by atoms with Crippen LogP contribution >= 0.6 is 0 Å². The molecule has 212 valence electrons. The lowest BCUT2D eigenvalue weighted by Gasteiger charge is -2.43. The van der Waals surface area contributed by atoms with Gasteiger partial charge in [0, 0.05) is 0 Å². The molecule has 6 nitrogen and oxygen atoms in total. The van der Waals surface area contributed by atoms with Crippen molar-refractivity contribution in [3.63, 3.8) is 0 Å². The van der Waals surface area contributed by atoms with Crippen molar-refractivity contribution in [2.75, 3.05) is 6.54 Å². The predicted octanol–water partition coefficient (Wildman–Crippen LogP) is 5.91. The second kappa shape index (κ2) is 10.7. The summed E-state index contributed by atoms with van der Waals surface area (Å²) in [6, 6.07) is 34.1. The summed E-state index contributed by atoms with van der Waals surface area (Å²) in [6.45, 7) is 5.14. The van der Waals surface area contributed by atoms with Crippen LogP contribution in [-0.2, 0) is 36.0 Å². The molecule has 42 heavy (non-hydrogen) atoms. The van der Waals surface area contributed by atoms with Gasteiger partial charge in [-0.25, -0.2) is 0 Å². The molecule has 0 radical (unpaired) electrons. The Morgan fingerprint density at radius 1 is 0.762 bits per heavy atom. The van der Waals surface area contributed by atoms with Gasteiger partial charge in [-0.15, -0.1) is 0 Å². The number of ketones is 1. The van der Waals surface area contributed by atoms with Crippen molar-refractivity contribution in [2.45, 2.75) is 44.6 Å². The van der Waals surface area contributed by atoms with Crippen molar-refractivity contribution in [1.82, 2.24) is 4.90 Å². The molecule has 1 aliphatic heterocycles. The minimum Gasteiger partial charge on any atom is -0.460 e. The average Bonchev–Trinajstić information content (AvgIpc) is 3.49. The molecule has 0 N–H and O–H groups in total. The van der Waals surface area contributed by atoms with Gasteiger partial charge < -0.3 is 9.47 Å². The van der Waals surface area contributed by atoms with Crippen LogP contribution in [-0.4, -0.2) is 40.8 Å². The highest BCUT2D eigenvalue weighted by molar-refractivity contribution is 6.07. The molecule has 2 aliphatic rings. The molecule has 6 heteroatoms. The maximum absolute atomic E-state index is 14.2. The Morgan fingerprint density at radius 3 is 1.86 bits per heavy atom. The molecule has 0 saturated carbocycles. The molecule has 4 aromatic rings. The topological polar surface area (TPSA) is 72.9 Å². The summed E-state index contributed by atoms with van der Waals surface area (Å²) in [5.74, 6) is -3.08. The smallest absolute Gasteiger partial charge is 0.325 e. The van der Waals surface area contributed by atoms with Crippen LogP contribution in [0.3, 0.4) is 0 Å². The highest BCUT2D eigenvalue weighted by Crippen LogP contribution is 2.56. The van der Waals surface area contributed by atoms with Crippen LogP contribution < -0.4 is 0 Å². The number of nitrogens with zero attached hydrogens (tertiary/aromatic N) is 1. The van der Waals surface area contributed by atoms with Crippen molar-refractivity contribution >= 4 is 17.7 Å². The summed E-state index contributed by atoms with van der Waals surface area (Å²) >= 11 is 0. The van der Waals surface area contributed by atoms with Gasteiger partial charge in [-0.2, -0.15) is 0 Å². The Morgan fingerprint density at radius 2 is 1.29 bits per heavy atom. The van der Waals surface area contributed by atoms with Crippen LogP contribution in [0.25, 0.3) is 11.1 Å². The van der Waals surface area contributed by atoms with Gasteiger partial charge in [0.25, 0.3) is 0 Å². The third-order valence-corrected chi connectivity index (χ3v) is 8.00. The number of esters is 2. The molecular weight excluding hydrogens is 526 g/mol. The molecule has 0 aromatic heterocycles. The Hall–Kier alpha value is -4.55. The summed E-state index contributed by atoms with van der Waals surface area (Å²) < 4.78 is 11.6. The Labute approximate surface area is 245 Å². The van der Waals surface area contributed by atoms with E-state index in [2.05, 4.69) is 12.1 Å². The van der Waals surface area contributed by atoms with Crippen LogP contribution in [0.15, 0.2) is 109 Å². The standard InChI is InChI=1S/C36H33NO5/c1-35(2,3)42-33(39)31-30(38)22-37(32(31)34(40)41-23-24-14-6-4-7-15-24)36(25-16-8-5-9-17-25)28-20-12-10-18-26(28)27-19-11-13-21-29(27)36/h4-21,31-32H,22-23H2,1-3H3/t31-,32+/m1/s1. The number of benzene rings is 4. The van der Waals surface area contributed by atoms with Crippen LogP contribution in [0.4, 0.5) is 0 Å². The molecule has 1 fully saturated rings. The van der Waals surface area contributed by atoms with Gasteiger partial charge in [0.2, 0.25) is 0 Å². The second-order valence-electron chi connectivity index (χ2n) is 11.8. The molecule has 2 atom stereocenters. The molecule has 0 unspecified atom stereocenters. The maximum Gasteiger partial charge on any atom is 0.325 e. The fraction of sp³-hybridized carbons (Fsp3) is 0.250. The lowest BCUT2D eigenvalue weighted by atomic mass is 9.78. The summed E-state index contributed by atoms with van der Waals surface area (Å²) in [6.07, 6.45) is 0. The third kappa shape index (κ3) is 4.62. The summed E-state index contributed by atoms with van der Waals surface area (Å²) in [4.78, 5) is 43.6. The van der Waals surface area contributed by atoms with E-state index in [-0.39, 0.29) is 18.9 Å². The quantitative estimate of drug-likeness (QED) is 0.216. The number of hydrogen-bond donors (Lipinski definition) is 0. The normalized spacial score (nSPS) is 19.2. The SMILES string of the molecule is CC(C)(C)OC(=O)[C@@H]1C(=O)CN(C2(c3ccccc3)c3ccccc3-c3ccccc32)[C@@H]1C(=O)OCc1ccccc1. The first-order valence-corrected chi connectivity index (χ1v) is 14.2. The van der Waals surface area contributed by atoms with Crippen molar-refractivity contribution in [3.8, 4) is 11.1 Å². The van der Waals surface area contributed by atoms with Crippen LogP contribution in [0.5, 0.6) is 0 Å². The van der Waals surface area contributed by atoms with Crippen molar-refractivity contribution in [1.29, 1.82) is 0 Å². The summed E-state index contributed by atoms with van der Waals surface area (Å²) in [5.41, 5.74) is 3.74. The van der Waals surface area contributed by atoms with Gasteiger partial charge in [-0.05, 0) is 54.2 Å². The number of fused-ring (bicyclic) bond motifs is 3. The van der Waals surface area contributed by atoms with E-state index in [1.54, 1.807) is 20.8 Å². The van der Waals surface area contributed by atoms with Crippen molar-refractivity contribution in [2.24, 2.45) is 5.92 Å². The van der Waals surface area contributed by atoms with Crippen LogP contribution in [0.2, 0.25) is 0 Å². The van der Waals surface area contributed by atoms with Crippen molar-refractivity contribution < 1.29 is 23.9 Å².